The minimum Gasteiger partial charge on any atom is -0.467 e. The molecule has 0 aliphatic carbocycles. The van der Waals surface area contributed by atoms with E-state index in [1.165, 1.54) is 27.8 Å². The standard InChI is InChI=1S/C30H29N3O4S2/c1-4-32(19-23-9-6-5-7-10-23)39(35,36)26-15-13-24(14-16-26)29(34)33(20-25-11-8-18-37-25)30-31-28-22(3)21(2)12-17-27(28)38-30/h5-18H,4,19-20H2,1-3H3. The molecule has 200 valence electrons. The lowest BCUT2D eigenvalue weighted by Crippen LogP contribution is -2.31. The Hall–Kier alpha value is -3.79. The lowest BCUT2D eigenvalue weighted by atomic mass is 10.1. The second kappa shape index (κ2) is 11.1. The number of carbonyl (C=O) groups is 1. The smallest absolute Gasteiger partial charge is 0.260 e. The van der Waals surface area contributed by atoms with E-state index >= 15 is 0 Å². The Bertz CT molecular complexity index is 1690. The summed E-state index contributed by atoms with van der Waals surface area (Å²) in [6.45, 7) is 6.67. The SMILES string of the molecule is CCN(Cc1ccccc1)S(=O)(=O)c1ccc(C(=O)N(Cc2ccco2)c2nc3c(C)c(C)ccc3s2)cc1. The third-order valence-electron chi connectivity index (χ3n) is 6.74. The first-order valence-electron chi connectivity index (χ1n) is 12.6. The second-order valence-corrected chi connectivity index (χ2v) is 12.2. The van der Waals surface area contributed by atoms with Gasteiger partial charge in [0.25, 0.3) is 5.91 Å². The number of hydrogen-bond acceptors (Lipinski definition) is 6. The Morgan fingerprint density at radius 2 is 1.67 bits per heavy atom. The highest BCUT2D eigenvalue weighted by Crippen LogP contribution is 2.33. The summed E-state index contributed by atoms with van der Waals surface area (Å²) >= 11 is 1.44. The van der Waals surface area contributed by atoms with Crippen LogP contribution < -0.4 is 4.90 Å². The molecule has 0 aliphatic rings. The predicted molar refractivity (Wildman–Crippen MR) is 154 cm³/mol. The van der Waals surface area contributed by atoms with Crippen molar-refractivity contribution in [2.24, 2.45) is 0 Å². The third-order valence-corrected chi connectivity index (χ3v) is 9.72. The first-order chi connectivity index (χ1) is 18.8. The van der Waals surface area contributed by atoms with Crippen molar-refractivity contribution in [3.05, 3.63) is 113 Å². The molecule has 9 heteroatoms. The van der Waals surface area contributed by atoms with E-state index in [1.54, 1.807) is 29.4 Å². The molecular formula is C30H29N3O4S2. The van der Waals surface area contributed by atoms with Gasteiger partial charge in [-0.25, -0.2) is 13.4 Å². The Labute approximate surface area is 232 Å². The van der Waals surface area contributed by atoms with Crippen molar-refractivity contribution in [1.82, 2.24) is 9.29 Å². The molecule has 1 amide bonds. The van der Waals surface area contributed by atoms with Crippen molar-refractivity contribution in [1.29, 1.82) is 0 Å². The normalized spacial score (nSPS) is 11.8. The summed E-state index contributed by atoms with van der Waals surface area (Å²) in [5.74, 6) is 0.328. The largest absolute Gasteiger partial charge is 0.467 e. The first kappa shape index (κ1) is 26.8. The minimum absolute atomic E-state index is 0.139. The Morgan fingerprint density at radius 1 is 0.923 bits per heavy atom. The first-order valence-corrected chi connectivity index (χ1v) is 14.9. The van der Waals surface area contributed by atoms with Gasteiger partial charge < -0.3 is 4.42 Å². The third kappa shape index (κ3) is 5.52. The molecule has 0 radical (unpaired) electrons. The Morgan fingerprint density at radius 3 is 2.33 bits per heavy atom. The Balaban J connectivity index is 1.45. The fraction of sp³-hybridized carbons (Fsp3) is 0.200. The van der Waals surface area contributed by atoms with Crippen molar-refractivity contribution >= 4 is 42.6 Å². The molecule has 0 atom stereocenters. The lowest BCUT2D eigenvalue weighted by Gasteiger charge is -2.21. The summed E-state index contributed by atoms with van der Waals surface area (Å²) in [5.41, 5.74) is 4.34. The summed E-state index contributed by atoms with van der Waals surface area (Å²) in [4.78, 5) is 20.3. The predicted octanol–water partition coefficient (Wildman–Crippen LogP) is 6.56. The van der Waals surface area contributed by atoms with Crippen LogP contribution in [-0.4, -0.2) is 30.2 Å². The molecular weight excluding hydrogens is 530 g/mol. The van der Waals surface area contributed by atoms with Gasteiger partial charge in [-0.05, 0) is 73.0 Å². The van der Waals surface area contributed by atoms with Crippen LogP contribution in [0.1, 0.15) is 39.7 Å². The van der Waals surface area contributed by atoms with E-state index in [2.05, 4.69) is 6.07 Å². The van der Waals surface area contributed by atoms with Gasteiger partial charge in [-0.2, -0.15) is 4.31 Å². The number of benzene rings is 3. The van der Waals surface area contributed by atoms with E-state index in [0.29, 0.717) is 23.0 Å². The summed E-state index contributed by atoms with van der Waals surface area (Å²) in [6.07, 6.45) is 1.57. The van der Waals surface area contributed by atoms with Gasteiger partial charge >= 0.3 is 0 Å². The summed E-state index contributed by atoms with van der Waals surface area (Å²) in [5, 5.41) is 0.553. The van der Waals surface area contributed by atoms with Crippen molar-refractivity contribution in [3.63, 3.8) is 0 Å². The van der Waals surface area contributed by atoms with Crippen LogP contribution in [0.25, 0.3) is 10.2 Å². The molecule has 7 nitrogen and oxygen atoms in total. The molecule has 2 aromatic heterocycles. The van der Waals surface area contributed by atoms with E-state index in [0.717, 1.165) is 26.9 Å². The van der Waals surface area contributed by atoms with E-state index in [9.17, 15) is 13.2 Å². The van der Waals surface area contributed by atoms with Gasteiger partial charge in [0.2, 0.25) is 10.0 Å². The fourth-order valence-corrected chi connectivity index (χ4v) is 6.80. The molecule has 0 fully saturated rings. The van der Waals surface area contributed by atoms with Crippen LogP contribution in [0.3, 0.4) is 0 Å². The number of furan rings is 1. The molecule has 0 N–H and O–H groups in total. The molecule has 0 saturated carbocycles. The van der Waals surface area contributed by atoms with E-state index in [-0.39, 0.29) is 23.9 Å². The molecule has 0 aliphatic heterocycles. The number of hydrogen-bond donors (Lipinski definition) is 0. The zero-order chi connectivity index (χ0) is 27.6. The number of nitrogens with zero attached hydrogens (tertiary/aromatic N) is 3. The van der Waals surface area contributed by atoms with Crippen molar-refractivity contribution < 1.29 is 17.6 Å². The number of amides is 1. The quantitative estimate of drug-likeness (QED) is 0.204. The van der Waals surface area contributed by atoms with Gasteiger partial charge in [0.05, 0.1) is 27.9 Å². The van der Waals surface area contributed by atoms with Crippen molar-refractivity contribution in [3.8, 4) is 0 Å². The average molecular weight is 560 g/mol. The van der Waals surface area contributed by atoms with Gasteiger partial charge in [-0.1, -0.05) is 54.7 Å². The number of carbonyl (C=O) groups excluding carboxylic acids is 1. The van der Waals surface area contributed by atoms with E-state index in [1.807, 2.05) is 63.2 Å². The van der Waals surface area contributed by atoms with Gasteiger partial charge in [-0.3, -0.25) is 9.69 Å². The van der Waals surface area contributed by atoms with Crippen molar-refractivity contribution in [2.75, 3.05) is 11.4 Å². The highest BCUT2D eigenvalue weighted by Gasteiger charge is 2.26. The maximum absolute atomic E-state index is 13.8. The average Bonchev–Trinajstić information content (AvgIpc) is 3.63. The van der Waals surface area contributed by atoms with Crippen LogP contribution in [0.2, 0.25) is 0 Å². The molecule has 2 heterocycles. The van der Waals surface area contributed by atoms with E-state index < -0.39 is 10.0 Å². The Kier molecular flexibility index (Phi) is 7.65. The number of sulfonamides is 1. The number of rotatable bonds is 9. The molecule has 0 bridgehead atoms. The zero-order valence-corrected chi connectivity index (χ0v) is 23.6. The van der Waals surface area contributed by atoms with Crippen LogP contribution in [0.4, 0.5) is 5.13 Å². The molecule has 0 unspecified atom stereocenters. The molecule has 5 aromatic rings. The minimum atomic E-state index is -3.75. The number of aromatic nitrogens is 1. The summed E-state index contributed by atoms with van der Waals surface area (Å²) in [7, 11) is -3.75. The van der Waals surface area contributed by atoms with Gasteiger partial charge in [0.1, 0.15) is 5.76 Å². The van der Waals surface area contributed by atoms with Crippen LogP contribution in [-0.2, 0) is 23.1 Å². The van der Waals surface area contributed by atoms with Crippen molar-refractivity contribution in [2.45, 2.75) is 38.8 Å². The lowest BCUT2D eigenvalue weighted by molar-refractivity contribution is 0.0983. The number of fused-ring (bicyclic) bond motifs is 1. The van der Waals surface area contributed by atoms with E-state index in [4.69, 9.17) is 9.40 Å². The van der Waals surface area contributed by atoms with Gasteiger partial charge in [0.15, 0.2) is 5.13 Å². The zero-order valence-electron chi connectivity index (χ0n) is 22.0. The molecule has 3 aromatic carbocycles. The summed E-state index contributed by atoms with van der Waals surface area (Å²) < 4.78 is 34.7. The number of aryl methyl sites for hydroxylation is 2. The maximum atomic E-state index is 13.8. The molecule has 0 spiro atoms. The van der Waals surface area contributed by atoms with Crippen LogP contribution in [0, 0.1) is 13.8 Å². The van der Waals surface area contributed by atoms with Crippen LogP contribution >= 0.6 is 11.3 Å². The maximum Gasteiger partial charge on any atom is 0.260 e. The molecule has 39 heavy (non-hydrogen) atoms. The topological polar surface area (TPSA) is 83.7 Å². The monoisotopic (exact) mass is 559 g/mol. The molecule has 0 saturated heterocycles. The number of anilines is 1. The second-order valence-electron chi connectivity index (χ2n) is 9.26. The highest BCUT2D eigenvalue weighted by atomic mass is 32.2. The summed E-state index contributed by atoms with van der Waals surface area (Å²) in [6, 6.07) is 23.2. The fourth-order valence-electron chi connectivity index (χ4n) is 4.34. The highest BCUT2D eigenvalue weighted by molar-refractivity contribution is 7.89. The van der Waals surface area contributed by atoms with Gasteiger partial charge in [0, 0.05) is 18.7 Å². The van der Waals surface area contributed by atoms with Gasteiger partial charge in [-0.15, -0.1) is 0 Å². The molecule has 5 rings (SSSR count). The van der Waals surface area contributed by atoms with Crippen LogP contribution in [0.5, 0.6) is 0 Å². The number of thiazole rings is 1. The van der Waals surface area contributed by atoms with Crippen LogP contribution in [0.15, 0.2) is 94.4 Å².